The monoisotopic (exact) mass is 435 g/mol. The molecule has 3 heterocycles. The maximum absolute atomic E-state index is 13.1. The van der Waals surface area contributed by atoms with Crippen LogP contribution in [0.2, 0.25) is 0 Å². The molecule has 6 nitrogen and oxygen atoms in total. The lowest BCUT2D eigenvalue weighted by Crippen LogP contribution is -2.44. The predicted octanol–water partition coefficient (Wildman–Crippen LogP) is 2.97. The molecule has 170 valence electrons. The lowest BCUT2D eigenvalue weighted by molar-refractivity contribution is -0.114. The molecule has 0 atom stereocenters. The number of terminal acetylenes is 1. The third kappa shape index (κ3) is 4.51. The van der Waals surface area contributed by atoms with Gasteiger partial charge in [-0.2, -0.15) is 0 Å². The fourth-order valence-corrected chi connectivity index (χ4v) is 5.00. The lowest BCUT2D eigenvalue weighted by Gasteiger charge is -2.41. The van der Waals surface area contributed by atoms with Gasteiger partial charge in [-0.25, -0.2) is 4.98 Å². The summed E-state index contributed by atoms with van der Waals surface area (Å²) in [5, 5.41) is 0. The number of carbonyl (C=O) groups excluding carboxylic acids is 2. The Labute approximate surface area is 191 Å². The summed E-state index contributed by atoms with van der Waals surface area (Å²) in [6.45, 7) is 5.63. The summed E-state index contributed by atoms with van der Waals surface area (Å²) in [7, 11) is 3.86. The van der Waals surface area contributed by atoms with E-state index in [0.29, 0.717) is 35.0 Å². The molecule has 1 aromatic heterocycles. The normalized spacial score (nSPS) is 21.9. The summed E-state index contributed by atoms with van der Waals surface area (Å²) in [6.07, 6.45) is 10.3. The molecule has 2 aliphatic heterocycles. The molecule has 0 radical (unpaired) electrons. The molecule has 4 rings (SSSR count). The van der Waals surface area contributed by atoms with Gasteiger partial charge in [-0.05, 0) is 70.3 Å². The van der Waals surface area contributed by atoms with Crippen molar-refractivity contribution >= 4 is 17.3 Å². The molecule has 3 aliphatic rings. The Hall–Kier alpha value is -2.49. The van der Waals surface area contributed by atoms with Crippen LogP contribution in [0.3, 0.4) is 0 Å². The Morgan fingerprint density at radius 1 is 1.25 bits per heavy atom. The number of carbonyl (C=O) groups is 2. The Morgan fingerprint density at radius 2 is 1.94 bits per heavy atom. The molecule has 0 spiro atoms. The number of likely N-dealkylation sites (tertiary alicyclic amines) is 2. The third-order valence-electron chi connectivity index (χ3n) is 7.44. The molecule has 32 heavy (non-hydrogen) atoms. The van der Waals surface area contributed by atoms with Gasteiger partial charge in [0.2, 0.25) is 0 Å². The van der Waals surface area contributed by atoms with Gasteiger partial charge in [-0.3, -0.25) is 9.59 Å². The van der Waals surface area contributed by atoms with Crippen LogP contribution in [0.15, 0.2) is 17.7 Å². The van der Waals surface area contributed by atoms with Crippen LogP contribution in [0.1, 0.15) is 60.8 Å². The molecule has 1 aliphatic carbocycles. The number of methoxy groups -OCH3 is 1. The van der Waals surface area contributed by atoms with Crippen molar-refractivity contribution in [1.82, 2.24) is 14.8 Å². The zero-order valence-corrected chi connectivity index (χ0v) is 19.4. The van der Waals surface area contributed by atoms with Gasteiger partial charge in [-0.15, -0.1) is 6.42 Å². The van der Waals surface area contributed by atoms with Gasteiger partial charge in [0.15, 0.2) is 11.6 Å². The van der Waals surface area contributed by atoms with Crippen LogP contribution in [-0.4, -0.2) is 72.3 Å². The van der Waals surface area contributed by atoms with E-state index in [2.05, 4.69) is 29.7 Å². The van der Waals surface area contributed by atoms with Crippen LogP contribution in [0, 0.1) is 18.3 Å². The summed E-state index contributed by atoms with van der Waals surface area (Å²) in [5.74, 6) is 3.05. The molecule has 2 saturated heterocycles. The molecule has 0 aromatic carbocycles. The van der Waals surface area contributed by atoms with E-state index in [1.54, 1.807) is 13.2 Å². The minimum absolute atomic E-state index is 0.0534. The van der Waals surface area contributed by atoms with E-state index >= 15 is 0 Å². The van der Waals surface area contributed by atoms with Gasteiger partial charge < -0.3 is 14.5 Å². The van der Waals surface area contributed by atoms with Crippen molar-refractivity contribution in [2.75, 3.05) is 40.3 Å². The smallest absolute Gasteiger partial charge is 0.181 e. The second-order valence-corrected chi connectivity index (χ2v) is 9.69. The number of hydrogen-bond acceptors (Lipinski definition) is 6. The number of allylic oxidation sites excluding steroid dienone is 1. The molecule has 0 saturated carbocycles. The number of piperidine rings is 2. The van der Waals surface area contributed by atoms with Crippen molar-refractivity contribution in [3.05, 3.63) is 34.7 Å². The highest BCUT2D eigenvalue weighted by Gasteiger charge is 2.35. The summed E-state index contributed by atoms with van der Waals surface area (Å²) in [4.78, 5) is 35.1. The maximum Gasteiger partial charge on any atom is 0.181 e. The largest absolute Gasteiger partial charge is 0.378 e. The SMILES string of the molecule is C#CC1=C(N2CCC(C)(OC)CC2)c2nc(C(=O)CC3CCN(C)CC3)ccc2CC1=O. The Balaban J connectivity index is 1.61. The number of ketones is 2. The molecule has 1 aromatic rings. The maximum atomic E-state index is 13.1. The first-order chi connectivity index (χ1) is 15.3. The van der Waals surface area contributed by atoms with Crippen molar-refractivity contribution in [2.24, 2.45) is 5.92 Å². The first-order valence-corrected chi connectivity index (χ1v) is 11.6. The topological polar surface area (TPSA) is 62.7 Å². The van der Waals surface area contributed by atoms with Gasteiger partial charge in [0.1, 0.15) is 5.69 Å². The second-order valence-electron chi connectivity index (χ2n) is 9.69. The molecule has 0 bridgehead atoms. The van der Waals surface area contributed by atoms with E-state index in [1.165, 1.54) is 0 Å². The number of Topliss-reactive ketones (excluding diaryl/α,β-unsaturated/α-hetero) is 2. The molecule has 6 heteroatoms. The van der Waals surface area contributed by atoms with Gasteiger partial charge in [-0.1, -0.05) is 12.0 Å². The first kappa shape index (κ1) is 22.7. The predicted molar refractivity (Wildman–Crippen MR) is 124 cm³/mol. The van der Waals surface area contributed by atoms with Gasteiger partial charge in [0, 0.05) is 33.0 Å². The number of pyridine rings is 1. The highest BCUT2D eigenvalue weighted by molar-refractivity contribution is 6.10. The molecular weight excluding hydrogens is 402 g/mol. The van der Waals surface area contributed by atoms with Crippen LogP contribution in [0.4, 0.5) is 0 Å². The summed E-state index contributed by atoms with van der Waals surface area (Å²) in [6, 6.07) is 3.67. The van der Waals surface area contributed by atoms with Crippen LogP contribution < -0.4 is 0 Å². The van der Waals surface area contributed by atoms with E-state index in [4.69, 9.17) is 16.1 Å². The summed E-state index contributed by atoms with van der Waals surface area (Å²) < 4.78 is 5.67. The van der Waals surface area contributed by atoms with E-state index < -0.39 is 0 Å². The number of rotatable bonds is 5. The summed E-state index contributed by atoms with van der Waals surface area (Å²) in [5.41, 5.74) is 2.95. The highest BCUT2D eigenvalue weighted by Crippen LogP contribution is 2.35. The fourth-order valence-electron chi connectivity index (χ4n) is 5.00. The van der Waals surface area contributed by atoms with E-state index in [-0.39, 0.29) is 23.6 Å². The van der Waals surface area contributed by atoms with Crippen LogP contribution in [0.25, 0.3) is 5.70 Å². The molecule has 0 unspecified atom stereocenters. The average Bonchev–Trinajstić information content (AvgIpc) is 2.80. The van der Waals surface area contributed by atoms with E-state index in [1.807, 2.05) is 6.07 Å². The third-order valence-corrected chi connectivity index (χ3v) is 7.44. The zero-order chi connectivity index (χ0) is 22.9. The van der Waals surface area contributed by atoms with Crippen molar-refractivity contribution in [3.8, 4) is 12.3 Å². The first-order valence-electron chi connectivity index (χ1n) is 11.6. The standard InChI is InChI=1S/C26H33N3O3/c1-5-20-22(30)17-19-6-7-21(23(31)16-18-8-12-28(3)13-9-18)27-24(19)25(20)29-14-10-26(2,32-4)11-15-29/h1,6-7,18H,8-17H2,2-4H3. The fraction of sp³-hybridized carbons (Fsp3) is 0.577. The van der Waals surface area contributed by atoms with Crippen LogP contribution >= 0.6 is 0 Å². The Kier molecular flexibility index (Phi) is 6.50. The number of ether oxygens (including phenoxy) is 1. The van der Waals surface area contributed by atoms with Gasteiger partial charge in [0.05, 0.1) is 22.6 Å². The molecular formula is C26H33N3O3. The lowest BCUT2D eigenvalue weighted by atomic mass is 9.87. The van der Waals surface area contributed by atoms with Crippen molar-refractivity contribution in [2.45, 2.75) is 51.0 Å². The Bertz CT molecular complexity index is 975. The number of fused-ring (bicyclic) bond motifs is 1. The van der Waals surface area contributed by atoms with Gasteiger partial charge >= 0.3 is 0 Å². The van der Waals surface area contributed by atoms with E-state index in [0.717, 1.165) is 57.4 Å². The number of nitrogens with zero attached hydrogens (tertiary/aromatic N) is 3. The molecule has 2 fully saturated rings. The number of hydrogen-bond donors (Lipinski definition) is 0. The highest BCUT2D eigenvalue weighted by atomic mass is 16.5. The van der Waals surface area contributed by atoms with Crippen LogP contribution in [-0.2, 0) is 16.0 Å². The van der Waals surface area contributed by atoms with E-state index in [9.17, 15) is 9.59 Å². The molecule has 0 amide bonds. The molecule has 0 N–H and O–H groups in total. The number of aromatic nitrogens is 1. The average molecular weight is 436 g/mol. The van der Waals surface area contributed by atoms with Crippen molar-refractivity contribution in [1.29, 1.82) is 0 Å². The minimum atomic E-state index is -0.172. The summed E-state index contributed by atoms with van der Waals surface area (Å²) >= 11 is 0. The van der Waals surface area contributed by atoms with Crippen molar-refractivity contribution in [3.63, 3.8) is 0 Å². The van der Waals surface area contributed by atoms with Crippen LogP contribution in [0.5, 0.6) is 0 Å². The van der Waals surface area contributed by atoms with Gasteiger partial charge in [0.25, 0.3) is 0 Å². The second kappa shape index (κ2) is 9.17. The zero-order valence-electron chi connectivity index (χ0n) is 19.4. The Morgan fingerprint density at radius 3 is 2.56 bits per heavy atom. The minimum Gasteiger partial charge on any atom is -0.378 e. The van der Waals surface area contributed by atoms with Crippen molar-refractivity contribution < 1.29 is 14.3 Å². The quantitative estimate of drug-likeness (QED) is 0.523.